The van der Waals surface area contributed by atoms with E-state index in [2.05, 4.69) is 99.8 Å². The average molecular weight is 492 g/mol. The van der Waals surface area contributed by atoms with Crippen molar-refractivity contribution in [2.45, 2.75) is 58.8 Å². The van der Waals surface area contributed by atoms with Crippen molar-refractivity contribution >= 4 is 40.8 Å². The molecular weight excluding hydrogens is 449 g/mol. The Kier molecular flexibility index (Phi) is 8.43. The Hall–Kier alpha value is -1.76. The number of hydrogen-bond acceptors (Lipinski definition) is 1. The predicted molar refractivity (Wildman–Crippen MR) is 160 cm³/mol. The van der Waals surface area contributed by atoms with Crippen molar-refractivity contribution in [2.24, 2.45) is 0 Å². The van der Waals surface area contributed by atoms with Crippen molar-refractivity contribution in [3.05, 3.63) is 71.8 Å². The van der Waals surface area contributed by atoms with Gasteiger partial charge in [-0.2, -0.15) is 0 Å². The van der Waals surface area contributed by atoms with E-state index in [0.29, 0.717) is 0 Å². The van der Waals surface area contributed by atoms with Gasteiger partial charge in [-0.05, 0) is 26.0 Å². The third-order valence-electron chi connectivity index (χ3n) is 8.05. The first kappa shape index (κ1) is 25.3. The summed E-state index contributed by atoms with van der Waals surface area (Å²) in [5.74, 6) is 1.22. The molecule has 3 heteroatoms. The Morgan fingerprint density at radius 1 is 0.676 bits per heavy atom. The minimum absolute atomic E-state index is 0.941. The molecule has 182 valence electrons. The summed E-state index contributed by atoms with van der Waals surface area (Å²) in [5, 5.41) is 2.73. The summed E-state index contributed by atoms with van der Waals surface area (Å²) in [4.78, 5) is 1.40. The Morgan fingerprint density at radius 3 is 1.97 bits per heavy atom. The van der Waals surface area contributed by atoms with Gasteiger partial charge in [0, 0.05) is 0 Å². The standard InChI is InChI=1S/C31H42NPS/c1-6-33(7-2,8-3)20-10-9-11-21-34-27-17-19-31-29(23-27)28-22-25(5)14-18-30(28)32(31)26-15-12-24(4)13-16-26/h12-19,22-23,33H,6-11,20-21H2,1-5H3. The quantitative estimate of drug-likeness (QED) is 0.115. The van der Waals surface area contributed by atoms with Crippen LogP contribution in [0, 0.1) is 13.8 Å². The van der Waals surface area contributed by atoms with Gasteiger partial charge in [0.05, 0.1) is 0 Å². The number of benzene rings is 3. The number of unbranched alkanes of at least 4 members (excludes halogenated alkanes) is 2. The number of aryl methyl sites for hydroxylation is 2. The van der Waals surface area contributed by atoms with Crippen molar-refractivity contribution in [2.75, 3.05) is 30.4 Å². The molecule has 34 heavy (non-hydrogen) atoms. The monoisotopic (exact) mass is 491 g/mol. The summed E-state index contributed by atoms with van der Waals surface area (Å²) < 4.78 is 2.42. The first-order chi connectivity index (χ1) is 16.5. The molecule has 0 aliphatic carbocycles. The summed E-state index contributed by atoms with van der Waals surface area (Å²) >= 11 is 2.03. The number of aromatic nitrogens is 1. The maximum absolute atomic E-state index is 2.43. The van der Waals surface area contributed by atoms with Crippen LogP contribution in [0.5, 0.6) is 0 Å². The van der Waals surface area contributed by atoms with Gasteiger partial charge in [0.2, 0.25) is 0 Å². The van der Waals surface area contributed by atoms with Gasteiger partial charge in [-0.15, -0.1) is 0 Å². The fourth-order valence-electron chi connectivity index (χ4n) is 5.43. The van der Waals surface area contributed by atoms with Crippen LogP contribution in [-0.4, -0.2) is 35.0 Å². The molecule has 1 nitrogen and oxygen atoms in total. The summed E-state index contributed by atoms with van der Waals surface area (Å²) in [6.07, 6.45) is 10.1. The molecule has 0 aliphatic heterocycles. The molecule has 1 heterocycles. The van der Waals surface area contributed by atoms with Gasteiger partial charge in [0.25, 0.3) is 0 Å². The van der Waals surface area contributed by atoms with Crippen LogP contribution in [0.15, 0.2) is 65.6 Å². The van der Waals surface area contributed by atoms with Crippen molar-refractivity contribution in [3.8, 4) is 5.69 Å². The molecule has 0 atom stereocenters. The molecule has 0 N–H and O–H groups in total. The fourth-order valence-corrected chi connectivity index (χ4v) is 9.94. The number of fused-ring (bicyclic) bond motifs is 3. The third-order valence-corrected chi connectivity index (χ3v) is 15.0. The van der Waals surface area contributed by atoms with Gasteiger partial charge >= 0.3 is 162 Å². The number of nitrogens with zero attached hydrogens (tertiary/aromatic N) is 1. The molecule has 0 radical (unpaired) electrons. The third kappa shape index (κ3) is 5.39. The number of thioether (sulfide) groups is 1. The Bertz CT molecular complexity index is 1230. The first-order valence-corrected chi connectivity index (χ1v) is 17.1. The summed E-state index contributed by atoms with van der Waals surface area (Å²) in [6, 6.07) is 22.8. The molecule has 4 aromatic rings. The van der Waals surface area contributed by atoms with Gasteiger partial charge in [0.15, 0.2) is 0 Å². The molecule has 0 saturated heterocycles. The first-order valence-electron chi connectivity index (χ1n) is 13.2. The minimum atomic E-state index is -0.941. The molecule has 3 aromatic carbocycles. The van der Waals surface area contributed by atoms with Crippen LogP contribution in [0.1, 0.15) is 51.2 Å². The second-order valence-corrected chi connectivity index (χ2v) is 16.9. The molecular formula is C31H42NPS. The van der Waals surface area contributed by atoms with Crippen LogP contribution >= 0.6 is 19.0 Å². The van der Waals surface area contributed by atoms with Crippen molar-refractivity contribution in [3.63, 3.8) is 0 Å². The molecule has 0 aliphatic rings. The van der Waals surface area contributed by atoms with Gasteiger partial charge in [-0.1, -0.05) is 23.8 Å². The molecule has 0 spiro atoms. The topological polar surface area (TPSA) is 4.93 Å². The van der Waals surface area contributed by atoms with Crippen LogP contribution in [0.25, 0.3) is 27.5 Å². The Labute approximate surface area is 211 Å². The van der Waals surface area contributed by atoms with Gasteiger partial charge in [-0.25, -0.2) is 0 Å². The van der Waals surface area contributed by atoms with E-state index < -0.39 is 7.26 Å². The van der Waals surface area contributed by atoms with Crippen LogP contribution in [-0.2, 0) is 0 Å². The zero-order valence-corrected chi connectivity index (χ0v) is 23.6. The van der Waals surface area contributed by atoms with E-state index in [1.165, 1.54) is 93.2 Å². The minimum Gasteiger partial charge on any atom is -0.0572 e. The zero-order chi connectivity index (χ0) is 24.1. The summed E-state index contributed by atoms with van der Waals surface area (Å²) in [6.45, 7) is 11.6. The van der Waals surface area contributed by atoms with E-state index in [9.17, 15) is 0 Å². The van der Waals surface area contributed by atoms with Gasteiger partial charge in [-0.3, -0.25) is 0 Å². The van der Waals surface area contributed by atoms with E-state index in [1.807, 2.05) is 11.8 Å². The number of hydrogen-bond donors (Lipinski definition) is 0. The van der Waals surface area contributed by atoms with Crippen molar-refractivity contribution in [1.82, 2.24) is 4.57 Å². The van der Waals surface area contributed by atoms with E-state index in [0.717, 1.165) is 0 Å². The molecule has 0 unspecified atom stereocenters. The maximum atomic E-state index is 2.43. The fraction of sp³-hybridized carbons (Fsp3) is 0.419. The normalized spacial score (nSPS) is 12.6. The molecule has 0 amide bonds. The predicted octanol–water partition coefficient (Wildman–Crippen LogP) is 9.47. The molecule has 0 saturated carbocycles. The second-order valence-electron chi connectivity index (χ2n) is 10.1. The molecule has 4 rings (SSSR count). The van der Waals surface area contributed by atoms with Gasteiger partial charge in [0.1, 0.15) is 0 Å². The smallest absolute Gasteiger partial charge is 0.0572 e. The zero-order valence-electron chi connectivity index (χ0n) is 21.8. The van der Waals surface area contributed by atoms with E-state index in [1.54, 1.807) is 0 Å². The molecule has 0 fully saturated rings. The SMILES string of the molecule is CC[PH](CC)(CC)CCCCCSc1ccc2c(c1)c1cc(C)ccc1n2-c1ccc(C)cc1. The molecule has 1 aromatic heterocycles. The molecule has 0 bridgehead atoms. The van der Waals surface area contributed by atoms with Crippen LogP contribution in [0.4, 0.5) is 0 Å². The van der Waals surface area contributed by atoms with Crippen LogP contribution < -0.4 is 0 Å². The number of rotatable bonds is 11. The van der Waals surface area contributed by atoms with Crippen molar-refractivity contribution < 1.29 is 0 Å². The Balaban J connectivity index is 1.50. The van der Waals surface area contributed by atoms with E-state index in [-0.39, 0.29) is 0 Å². The van der Waals surface area contributed by atoms with Gasteiger partial charge < -0.3 is 0 Å². The summed E-state index contributed by atoms with van der Waals surface area (Å²) in [5.41, 5.74) is 6.45. The van der Waals surface area contributed by atoms with E-state index in [4.69, 9.17) is 0 Å². The Morgan fingerprint density at radius 2 is 1.29 bits per heavy atom. The van der Waals surface area contributed by atoms with Crippen molar-refractivity contribution in [1.29, 1.82) is 0 Å². The van der Waals surface area contributed by atoms with E-state index >= 15 is 0 Å². The van der Waals surface area contributed by atoms with Crippen LogP contribution in [0.3, 0.4) is 0 Å². The second kappa shape index (κ2) is 11.3. The summed E-state index contributed by atoms with van der Waals surface area (Å²) in [7, 11) is -0.941. The van der Waals surface area contributed by atoms with Crippen LogP contribution in [0.2, 0.25) is 0 Å². The average Bonchev–Trinajstić information content (AvgIpc) is 3.17.